The zero-order valence-corrected chi connectivity index (χ0v) is 28.0. The molecule has 0 atom stereocenters. The van der Waals surface area contributed by atoms with Crippen molar-refractivity contribution in [1.29, 1.82) is 0 Å². The van der Waals surface area contributed by atoms with Gasteiger partial charge in [0.15, 0.2) is 0 Å². The fourth-order valence-electron chi connectivity index (χ4n) is 7.38. The van der Waals surface area contributed by atoms with Crippen LogP contribution in [0.25, 0.3) is 0 Å². The topological polar surface area (TPSA) is 36.9 Å². The molecule has 3 saturated carbocycles. The minimum absolute atomic E-state index is 0.387. The molecule has 3 rings (SSSR count). The fraction of sp³-hybridized carbons (Fsp3) is 1.00. The molecule has 0 heterocycles. The van der Waals surface area contributed by atoms with E-state index in [9.17, 15) is 0 Å². The SMILES string of the molecule is CC(C)(C)[O][Ti]([O]C(C)(C)C)([O]C(C)(C)C)[O][Si](C1CCCCC1)(C1CCCCC1)C1CCCCC1. The van der Waals surface area contributed by atoms with E-state index in [0.29, 0.717) is 0 Å². The number of hydrogen-bond donors (Lipinski definition) is 0. The third-order valence-corrected chi connectivity index (χ3v) is 21.4. The summed E-state index contributed by atoms with van der Waals surface area (Å²) in [5.41, 5.74) is 1.00. The summed E-state index contributed by atoms with van der Waals surface area (Å²) in [6.45, 7) is 19.4. The van der Waals surface area contributed by atoms with Gasteiger partial charge in [0.2, 0.25) is 0 Å². The Balaban J connectivity index is 2.19. The second-order valence-corrected chi connectivity index (χ2v) is 22.9. The van der Waals surface area contributed by atoms with Gasteiger partial charge in [0.1, 0.15) is 0 Å². The van der Waals surface area contributed by atoms with Crippen molar-refractivity contribution in [2.24, 2.45) is 0 Å². The molecule has 3 aliphatic carbocycles. The molecule has 0 unspecified atom stereocenters. The zero-order valence-electron chi connectivity index (χ0n) is 25.5. The molecule has 0 amide bonds. The molecule has 0 aliphatic heterocycles. The summed E-state index contributed by atoms with van der Waals surface area (Å²) >= 11 is -4.24. The molecule has 0 aromatic rings. The first kappa shape index (κ1) is 31.3. The molecule has 0 spiro atoms. The maximum atomic E-state index is 8.03. The van der Waals surface area contributed by atoms with Crippen molar-refractivity contribution < 1.29 is 31.1 Å². The Kier molecular flexibility index (Phi) is 10.9. The number of rotatable bonds is 8. The van der Waals surface area contributed by atoms with E-state index in [4.69, 9.17) is 13.0 Å². The van der Waals surface area contributed by atoms with E-state index in [1.165, 1.54) is 96.3 Å². The van der Waals surface area contributed by atoms with E-state index >= 15 is 0 Å². The summed E-state index contributed by atoms with van der Waals surface area (Å²) in [5.74, 6) is 0. The van der Waals surface area contributed by atoms with Gasteiger partial charge in [0.25, 0.3) is 0 Å². The average molecular weight is 561 g/mol. The van der Waals surface area contributed by atoms with Crippen LogP contribution in [0.4, 0.5) is 0 Å². The molecular formula is C30H60O4SiTi. The van der Waals surface area contributed by atoms with Crippen LogP contribution in [0, 0.1) is 0 Å². The molecule has 6 heteroatoms. The summed E-state index contributed by atoms with van der Waals surface area (Å²) in [7, 11) is -2.32. The summed E-state index contributed by atoms with van der Waals surface area (Å²) in [6.07, 6.45) is 20.4. The molecule has 212 valence electrons. The van der Waals surface area contributed by atoms with E-state index < -0.39 is 26.5 Å². The van der Waals surface area contributed by atoms with Gasteiger partial charge in [0, 0.05) is 0 Å². The maximum absolute atomic E-state index is 8.03. The van der Waals surface area contributed by atoms with Crippen LogP contribution < -0.4 is 0 Å². The Bertz CT molecular complexity index is 574. The molecule has 0 bridgehead atoms. The molecule has 0 aromatic heterocycles. The first-order valence-electron chi connectivity index (χ1n) is 15.4. The van der Waals surface area contributed by atoms with Gasteiger partial charge in [0.05, 0.1) is 0 Å². The van der Waals surface area contributed by atoms with E-state index in [0.717, 1.165) is 16.6 Å². The molecule has 0 radical (unpaired) electrons. The summed E-state index contributed by atoms with van der Waals surface area (Å²) in [5, 5.41) is 0. The fourth-order valence-corrected chi connectivity index (χ4v) is 23.0. The third-order valence-electron chi connectivity index (χ3n) is 8.33. The van der Waals surface area contributed by atoms with Gasteiger partial charge < -0.3 is 0 Å². The van der Waals surface area contributed by atoms with E-state index in [1.54, 1.807) is 0 Å². The second-order valence-electron chi connectivity index (χ2n) is 15.1. The quantitative estimate of drug-likeness (QED) is 0.277. The van der Waals surface area contributed by atoms with Crippen LogP contribution in [0.3, 0.4) is 0 Å². The van der Waals surface area contributed by atoms with Crippen LogP contribution in [0.2, 0.25) is 16.6 Å². The van der Waals surface area contributed by atoms with E-state index in [-0.39, 0.29) is 16.8 Å². The van der Waals surface area contributed by atoms with Crippen molar-refractivity contribution in [2.75, 3.05) is 0 Å². The molecule has 3 fully saturated rings. The zero-order chi connectivity index (χ0) is 26.7. The van der Waals surface area contributed by atoms with Gasteiger partial charge in [-0.1, -0.05) is 0 Å². The Labute approximate surface area is 230 Å². The van der Waals surface area contributed by atoms with Crippen LogP contribution in [0.1, 0.15) is 159 Å². The van der Waals surface area contributed by atoms with Crippen molar-refractivity contribution in [3.8, 4) is 0 Å². The molecule has 4 nitrogen and oxygen atoms in total. The summed E-state index contributed by atoms with van der Waals surface area (Å²) in [4.78, 5) is 0. The van der Waals surface area contributed by atoms with Crippen LogP contribution >= 0.6 is 0 Å². The Morgan fingerprint density at radius 3 is 0.917 bits per heavy atom. The van der Waals surface area contributed by atoms with Crippen LogP contribution in [-0.2, 0) is 31.1 Å². The van der Waals surface area contributed by atoms with Crippen molar-refractivity contribution in [1.82, 2.24) is 0 Å². The number of hydrogen-bond acceptors (Lipinski definition) is 4. The summed E-state index contributed by atoms with van der Waals surface area (Å²) < 4.78 is 29.2. The van der Waals surface area contributed by atoms with Gasteiger partial charge in [-0.25, -0.2) is 0 Å². The van der Waals surface area contributed by atoms with Gasteiger partial charge in [-0.3, -0.25) is 0 Å². The normalized spacial score (nSPS) is 23.2. The molecule has 0 N–H and O–H groups in total. The van der Waals surface area contributed by atoms with Gasteiger partial charge in [-0.15, -0.1) is 0 Å². The van der Waals surface area contributed by atoms with Crippen molar-refractivity contribution in [3.05, 3.63) is 0 Å². The van der Waals surface area contributed by atoms with Crippen molar-refractivity contribution in [2.45, 2.75) is 192 Å². The molecule has 3 aliphatic rings. The predicted molar refractivity (Wildman–Crippen MR) is 150 cm³/mol. The van der Waals surface area contributed by atoms with Gasteiger partial charge in [-0.05, 0) is 0 Å². The monoisotopic (exact) mass is 560 g/mol. The van der Waals surface area contributed by atoms with E-state index in [1.807, 2.05) is 0 Å². The Morgan fingerprint density at radius 2 is 0.694 bits per heavy atom. The predicted octanol–water partition coefficient (Wildman–Crippen LogP) is 10.2. The Morgan fingerprint density at radius 1 is 0.444 bits per heavy atom. The van der Waals surface area contributed by atoms with Crippen molar-refractivity contribution >= 4 is 8.32 Å². The first-order valence-corrected chi connectivity index (χ1v) is 20.1. The Hall–Kier alpha value is 0.771. The molecule has 0 aromatic carbocycles. The molecule has 36 heavy (non-hydrogen) atoms. The first-order chi connectivity index (χ1) is 16.6. The van der Waals surface area contributed by atoms with Gasteiger partial charge >= 0.3 is 231 Å². The minimum atomic E-state index is -4.24. The summed E-state index contributed by atoms with van der Waals surface area (Å²) in [6, 6.07) is 0. The van der Waals surface area contributed by atoms with Gasteiger partial charge in [-0.2, -0.15) is 0 Å². The van der Waals surface area contributed by atoms with Crippen LogP contribution in [-0.4, -0.2) is 25.1 Å². The third kappa shape index (κ3) is 8.89. The van der Waals surface area contributed by atoms with Crippen LogP contribution in [0.15, 0.2) is 0 Å². The van der Waals surface area contributed by atoms with Crippen molar-refractivity contribution in [3.63, 3.8) is 0 Å². The van der Waals surface area contributed by atoms with E-state index in [2.05, 4.69) is 62.3 Å². The standard InChI is InChI=1S/C18H33OSi.3C4H9O.Ti/c19-20(16-10-4-1-5-11-16,17-12-6-2-7-13-17)18-14-8-3-9-15-18;3*1-4(2,3)5;/h16-18H,1-15H2;3*1-3H3;/q4*-1;+4. The molecule has 0 saturated heterocycles. The average Bonchev–Trinajstić information content (AvgIpc) is 2.76. The molecular weight excluding hydrogens is 500 g/mol. The van der Waals surface area contributed by atoms with Crippen LogP contribution in [0.5, 0.6) is 0 Å². The second kappa shape index (κ2) is 12.5.